The lowest BCUT2D eigenvalue weighted by Gasteiger charge is -2.26. The molecule has 2 N–H and O–H groups in total. The predicted molar refractivity (Wildman–Crippen MR) is 80.9 cm³/mol. The van der Waals surface area contributed by atoms with Crippen LogP contribution in [0.2, 0.25) is 5.02 Å². The first-order valence-corrected chi connectivity index (χ1v) is 7.03. The van der Waals surface area contributed by atoms with Crippen molar-refractivity contribution in [2.75, 3.05) is 6.61 Å². The minimum atomic E-state index is -1.02. The molecule has 1 aliphatic rings. The van der Waals surface area contributed by atoms with Gasteiger partial charge in [-0.05, 0) is 35.4 Å². The van der Waals surface area contributed by atoms with E-state index in [4.69, 9.17) is 21.4 Å². The molecule has 0 bridgehead atoms. The Bertz CT molecular complexity index is 670. The molecule has 3 rings (SSSR count). The molecule has 0 fully saturated rings. The maximum absolute atomic E-state index is 10.9. The molecule has 108 valence electrons. The van der Waals surface area contributed by atoms with Crippen LogP contribution in [0, 0.1) is 0 Å². The average Bonchev–Trinajstić information content (AvgIpc) is 2.47. The molecular weight excluding hydrogens is 290 g/mol. The molecule has 21 heavy (non-hydrogen) atoms. The summed E-state index contributed by atoms with van der Waals surface area (Å²) in [6.45, 7) is 0.512. The van der Waals surface area contributed by atoms with Crippen molar-refractivity contribution in [3.63, 3.8) is 0 Å². The standard InChI is InChI=1S/C16H14ClNO3/c17-12-4-1-10(2-5-12)11-3-6-15-13(9-11)14(7-8-21-15)18-16(19)20/h1-6,9,14,18H,7-8H2,(H,19,20). The number of hydrogen-bond donors (Lipinski definition) is 2. The quantitative estimate of drug-likeness (QED) is 0.878. The summed E-state index contributed by atoms with van der Waals surface area (Å²) in [4.78, 5) is 10.9. The van der Waals surface area contributed by atoms with Crippen molar-refractivity contribution in [3.05, 3.63) is 53.1 Å². The fraction of sp³-hybridized carbons (Fsp3) is 0.188. The van der Waals surface area contributed by atoms with Gasteiger partial charge in [0, 0.05) is 17.0 Å². The van der Waals surface area contributed by atoms with E-state index < -0.39 is 6.09 Å². The Morgan fingerprint density at radius 1 is 1.19 bits per heavy atom. The number of fused-ring (bicyclic) bond motifs is 1. The number of halogens is 1. The molecule has 4 nitrogen and oxygen atoms in total. The first kappa shape index (κ1) is 13.8. The van der Waals surface area contributed by atoms with Gasteiger partial charge in [-0.2, -0.15) is 0 Å². The van der Waals surface area contributed by atoms with Crippen LogP contribution >= 0.6 is 11.6 Å². The van der Waals surface area contributed by atoms with E-state index in [2.05, 4.69) is 5.32 Å². The number of carbonyl (C=O) groups is 1. The number of benzene rings is 2. The number of amides is 1. The molecule has 0 radical (unpaired) electrons. The number of nitrogens with one attached hydrogen (secondary N) is 1. The van der Waals surface area contributed by atoms with E-state index in [1.165, 1.54) is 0 Å². The van der Waals surface area contributed by atoms with Crippen molar-refractivity contribution < 1.29 is 14.6 Å². The molecule has 0 saturated heterocycles. The van der Waals surface area contributed by atoms with Crippen LogP contribution < -0.4 is 10.1 Å². The Morgan fingerprint density at radius 2 is 1.90 bits per heavy atom. The molecule has 0 spiro atoms. The van der Waals surface area contributed by atoms with Crippen molar-refractivity contribution in [1.82, 2.24) is 5.32 Å². The van der Waals surface area contributed by atoms with E-state index in [-0.39, 0.29) is 6.04 Å². The molecule has 0 aromatic heterocycles. The van der Waals surface area contributed by atoms with Gasteiger partial charge in [-0.15, -0.1) is 0 Å². The Labute approximate surface area is 127 Å². The van der Waals surface area contributed by atoms with Gasteiger partial charge in [0.05, 0.1) is 12.6 Å². The second-order valence-corrected chi connectivity index (χ2v) is 5.34. The van der Waals surface area contributed by atoms with Gasteiger partial charge in [0.25, 0.3) is 0 Å². The number of carboxylic acid groups (broad SMARTS) is 1. The van der Waals surface area contributed by atoms with E-state index in [0.717, 1.165) is 22.4 Å². The molecule has 5 heteroatoms. The SMILES string of the molecule is O=C(O)NC1CCOc2ccc(-c3ccc(Cl)cc3)cc21. The Morgan fingerprint density at radius 3 is 2.62 bits per heavy atom. The van der Waals surface area contributed by atoms with E-state index >= 15 is 0 Å². The molecule has 1 aliphatic heterocycles. The smallest absolute Gasteiger partial charge is 0.405 e. The van der Waals surface area contributed by atoms with Crippen molar-refractivity contribution in [3.8, 4) is 16.9 Å². The van der Waals surface area contributed by atoms with Crippen molar-refractivity contribution in [1.29, 1.82) is 0 Å². The summed E-state index contributed by atoms with van der Waals surface area (Å²) >= 11 is 5.90. The van der Waals surface area contributed by atoms with Crippen LogP contribution in [-0.2, 0) is 0 Å². The van der Waals surface area contributed by atoms with Gasteiger partial charge < -0.3 is 15.2 Å². The summed E-state index contributed by atoms with van der Waals surface area (Å²) in [7, 11) is 0. The molecule has 2 aromatic rings. The lowest BCUT2D eigenvalue weighted by Crippen LogP contribution is -2.30. The maximum Gasteiger partial charge on any atom is 0.405 e. The summed E-state index contributed by atoms with van der Waals surface area (Å²) in [5.74, 6) is 0.734. The Hall–Kier alpha value is -2.20. The lowest BCUT2D eigenvalue weighted by molar-refractivity contribution is 0.182. The third-order valence-electron chi connectivity index (χ3n) is 3.52. The molecule has 2 aromatic carbocycles. The van der Waals surface area contributed by atoms with Gasteiger partial charge in [0.1, 0.15) is 5.75 Å². The minimum absolute atomic E-state index is 0.237. The minimum Gasteiger partial charge on any atom is -0.493 e. The number of hydrogen-bond acceptors (Lipinski definition) is 2. The molecule has 1 atom stereocenters. The van der Waals surface area contributed by atoms with Gasteiger partial charge in [-0.25, -0.2) is 4.79 Å². The lowest BCUT2D eigenvalue weighted by atomic mass is 9.95. The molecule has 0 saturated carbocycles. The number of rotatable bonds is 2. The van der Waals surface area contributed by atoms with Crippen molar-refractivity contribution in [2.24, 2.45) is 0 Å². The highest BCUT2D eigenvalue weighted by Crippen LogP contribution is 2.35. The van der Waals surface area contributed by atoms with Crippen LogP contribution in [0.15, 0.2) is 42.5 Å². The highest BCUT2D eigenvalue weighted by Gasteiger charge is 2.23. The van der Waals surface area contributed by atoms with Crippen LogP contribution in [0.4, 0.5) is 4.79 Å². The second-order valence-electron chi connectivity index (χ2n) is 4.90. The fourth-order valence-electron chi connectivity index (χ4n) is 2.52. The van der Waals surface area contributed by atoms with Crippen LogP contribution in [0.25, 0.3) is 11.1 Å². The van der Waals surface area contributed by atoms with Crippen LogP contribution in [-0.4, -0.2) is 17.8 Å². The summed E-state index contributed by atoms with van der Waals surface area (Å²) in [5.41, 5.74) is 2.91. The van der Waals surface area contributed by atoms with E-state index in [1.54, 1.807) is 0 Å². The molecule has 0 aliphatic carbocycles. The fourth-order valence-corrected chi connectivity index (χ4v) is 2.64. The van der Waals surface area contributed by atoms with Gasteiger partial charge >= 0.3 is 6.09 Å². The normalized spacial score (nSPS) is 16.7. The highest BCUT2D eigenvalue weighted by atomic mass is 35.5. The van der Waals surface area contributed by atoms with Gasteiger partial charge in [-0.1, -0.05) is 29.8 Å². The Balaban J connectivity index is 1.98. The van der Waals surface area contributed by atoms with Crippen LogP contribution in [0.5, 0.6) is 5.75 Å². The first-order valence-electron chi connectivity index (χ1n) is 6.65. The van der Waals surface area contributed by atoms with Crippen LogP contribution in [0.3, 0.4) is 0 Å². The highest BCUT2D eigenvalue weighted by molar-refractivity contribution is 6.30. The van der Waals surface area contributed by atoms with Crippen LogP contribution in [0.1, 0.15) is 18.0 Å². The second kappa shape index (κ2) is 5.66. The monoisotopic (exact) mass is 303 g/mol. The summed E-state index contributed by atoms with van der Waals surface area (Å²) < 4.78 is 5.59. The number of ether oxygens (including phenoxy) is 1. The zero-order chi connectivity index (χ0) is 14.8. The van der Waals surface area contributed by atoms with E-state index in [9.17, 15) is 4.79 Å². The Kier molecular flexibility index (Phi) is 3.71. The largest absolute Gasteiger partial charge is 0.493 e. The molecule has 1 heterocycles. The van der Waals surface area contributed by atoms with E-state index in [1.807, 2.05) is 42.5 Å². The summed E-state index contributed by atoms with van der Waals surface area (Å²) in [6.07, 6.45) is -0.395. The summed E-state index contributed by atoms with van der Waals surface area (Å²) in [6, 6.07) is 13.1. The van der Waals surface area contributed by atoms with Crippen molar-refractivity contribution in [2.45, 2.75) is 12.5 Å². The van der Waals surface area contributed by atoms with Gasteiger partial charge in [0.15, 0.2) is 0 Å². The average molecular weight is 304 g/mol. The van der Waals surface area contributed by atoms with Gasteiger partial charge in [-0.3, -0.25) is 0 Å². The van der Waals surface area contributed by atoms with Crippen molar-refractivity contribution >= 4 is 17.7 Å². The topological polar surface area (TPSA) is 58.6 Å². The summed E-state index contributed by atoms with van der Waals surface area (Å²) in [5, 5.41) is 12.2. The molecule has 1 amide bonds. The third kappa shape index (κ3) is 2.95. The zero-order valence-electron chi connectivity index (χ0n) is 11.2. The zero-order valence-corrected chi connectivity index (χ0v) is 11.9. The third-order valence-corrected chi connectivity index (χ3v) is 3.78. The van der Waals surface area contributed by atoms with Gasteiger partial charge in [0.2, 0.25) is 0 Å². The first-order chi connectivity index (χ1) is 10.1. The molecule has 1 unspecified atom stereocenters. The van der Waals surface area contributed by atoms with E-state index in [0.29, 0.717) is 18.1 Å². The predicted octanol–water partition coefficient (Wildman–Crippen LogP) is 4.10. The maximum atomic E-state index is 10.9. The molecular formula is C16H14ClNO3.